The Morgan fingerprint density at radius 2 is 2.08 bits per heavy atom. The molecule has 3 rings (SSSR count). The second-order valence-corrected chi connectivity index (χ2v) is 5.85. The van der Waals surface area contributed by atoms with Crippen molar-refractivity contribution >= 4 is 5.69 Å². The van der Waals surface area contributed by atoms with Crippen molar-refractivity contribution < 1.29 is 14.1 Å². The van der Waals surface area contributed by atoms with Gasteiger partial charge in [0.1, 0.15) is 11.6 Å². The van der Waals surface area contributed by atoms with Crippen LogP contribution in [0.2, 0.25) is 0 Å². The van der Waals surface area contributed by atoms with Gasteiger partial charge in [0.25, 0.3) is 5.69 Å². The van der Waals surface area contributed by atoms with Crippen molar-refractivity contribution in [3.8, 4) is 5.75 Å². The standard InChI is InChI=1S/C18H19FN2O3/c1-2-24-17-5-3-13-7-8-20(11-14(13)10-17)12-15-9-16(19)4-6-18(15)21(22)23/h3-6,9-10H,2,7-8,11-12H2,1H3. The minimum absolute atomic E-state index is 0.0368. The van der Waals surface area contributed by atoms with E-state index in [0.717, 1.165) is 30.3 Å². The van der Waals surface area contributed by atoms with Crippen molar-refractivity contribution in [2.75, 3.05) is 13.2 Å². The Balaban J connectivity index is 1.80. The Kier molecular flexibility index (Phi) is 4.76. The van der Waals surface area contributed by atoms with E-state index < -0.39 is 10.7 Å². The molecule has 0 aliphatic carbocycles. The highest BCUT2D eigenvalue weighted by Crippen LogP contribution is 2.27. The number of nitro benzene ring substituents is 1. The Labute approximate surface area is 139 Å². The highest BCUT2D eigenvalue weighted by Gasteiger charge is 2.21. The number of fused-ring (bicyclic) bond motifs is 1. The second-order valence-electron chi connectivity index (χ2n) is 5.85. The maximum Gasteiger partial charge on any atom is 0.274 e. The average Bonchev–Trinajstić information content (AvgIpc) is 2.54. The third-order valence-electron chi connectivity index (χ3n) is 4.21. The third-order valence-corrected chi connectivity index (χ3v) is 4.21. The van der Waals surface area contributed by atoms with E-state index in [1.54, 1.807) is 0 Å². The Morgan fingerprint density at radius 3 is 2.83 bits per heavy atom. The van der Waals surface area contributed by atoms with Gasteiger partial charge >= 0.3 is 0 Å². The molecule has 0 radical (unpaired) electrons. The Bertz CT molecular complexity index is 764. The van der Waals surface area contributed by atoms with Crippen molar-refractivity contribution in [2.45, 2.75) is 26.4 Å². The number of nitro groups is 1. The van der Waals surface area contributed by atoms with Crippen LogP contribution in [-0.2, 0) is 19.5 Å². The predicted molar refractivity (Wildman–Crippen MR) is 88.5 cm³/mol. The molecule has 0 unspecified atom stereocenters. The van der Waals surface area contributed by atoms with Crippen LogP contribution in [-0.4, -0.2) is 23.0 Å². The molecule has 2 aromatic carbocycles. The fraction of sp³-hybridized carbons (Fsp3) is 0.333. The first kappa shape index (κ1) is 16.4. The molecule has 1 aliphatic rings. The number of rotatable bonds is 5. The topological polar surface area (TPSA) is 55.6 Å². The number of benzene rings is 2. The SMILES string of the molecule is CCOc1ccc2c(c1)CN(Cc1cc(F)ccc1[N+](=O)[O-])CC2. The van der Waals surface area contributed by atoms with Crippen LogP contribution in [0.3, 0.4) is 0 Å². The zero-order valence-corrected chi connectivity index (χ0v) is 13.5. The maximum atomic E-state index is 13.5. The number of halogens is 1. The summed E-state index contributed by atoms with van der Waals surface area (Å²) in [7, 11) is 0. The lowest BCUT2D eigenvalue weighted by atomic mass is 9.99. The van der Waals surface area contributed by atoms with Crippen molar-refractivity contribution in [3.05, 3.63) is 69.0 Å². The van der Waals surface area contributed by atoms with E-state index in [9.17, 15) is 14.5 Å². The molecule has 6 heteroatoms. The molecule has 126 valence electrons. The molecule has 0 amide bonds. The second kappa shape index (κ2) is 6.97. The van der Waals surface area contributed by atoms with Crippen LogP contribution < -0.4 is 4.74 Å². The number of hydrogen-bond acceptors (Lipinski definition) is 4. The van der Waals surface area contributed by atoms with Crippen molar-refractivity contribution in [2.24, 2.45) is 0 Å². The van der Waals surface area contributed by atoms with Gasteiger partial charge in [-0.1, -0.05) is 6.07 Å². The van der Waals surface area contributed by atoms with Crippen LogP contribution in [0.15, 0.2) is 36.4 Å². The summed E-state index contributed by atoms with van der Waals surface area (Å²) >= 11 is 0. The van der Waals surface area contributed by atoms with Crippen LogP contribution in [0.5, 0.6) is 5.75 Å². The van der Waals surface area contributed by atoms with Gasteiger partial charge < -0.3 is 4.74 Å². The van der Waals surface area contributed by atoms with Gasteiger partial charge in [0.2, 0.25) is 0 Å². The van der Waals surface area contributed by atoms with Crippen molar-refractivity contribution in [3.63, 3.8) is 0 Å². The number of ether oxygens (including phenoxy) is 1. The van der Waals surface area contributed by atoms with Crippen molar-refractivity contribution in [1.29, 1.82) is 0 Å². The minimum atomic E-state index is -0.458. The summed E-state index contributed by atoms with van der Waals surface area (Å²) in [5.41, 5.74) is 2.80. The monoisotopic (exact) mass is 330 g/mol. The summed E-state index contributed by atoms with van der Waals surface area (Å²) in [6.45, 7) is 4.36. The molecule has 0 fully saturated rings. The summed E-state index contributed by atoms with van der Waals surface area (Å²) in [5.74, 6) is 0.376. The zero-order chi connectivity index (χ0) is 17.1. The molecule has 0 saturated carbocycles. The van der Waals surface area contributed by atoms with Gasteiger partial charge in [0, 0.05) is 31.3 Å². The van der Waals surface area contributed by atoms with Crippen molar-refractivity contribution in [1.82, 2.24) is 4.90 Å². The molecule has 2 aromatic rings. The van der Waals surface area contributed by atoms with E-state index in [0.29, 0.717) is 25.3 Å². The van der Waals surface area contributed by atoms with Gasteiger partial charge in [-0.25, -0.2) is 4.39 Å². The first-order chi connectivity index (χ1) is 11.6. The third kappa shape index (κ3) is 3.54. The molecular weight excluding hydrogens is 311 g/mol. The number of hydrogen-bond donors (Lipinski definition) is 0. The largest absolute Gasteiger partial charge is 0.494 e. The van der Waals surface area contributed by atoms with Gasteiger partial charge in [0.15, 0.2) is 0 Å². The van der Waals surface area contributed by atoms with Crippen LogP contribution in [0, 0.1) is 15.9 Å². The maximum absolute atomic E-state index is 13.5. The quantitative estimate of drug-likeness (QED) is 0.620. The summed E-state index contributed by atoms with van der Waals surface area (Å²) in [6, 6.07) is 9.67. The first-order valence-corrected chi connectivity index (χ1v) is 7.96. The molecule has 0 spiro atoms. The first-order valence-electron chi connectivity index (χ1n) is 7.96. The van der Waals surface area contributed by atoms with E-state index >= 15 is 0 Å². The fourth-order valence-corrected chi connectivity index (χ4v) is 3.08. The highest BCUT2D eigenvalue weighted by molar-refractivity contribution is 5.41. The van der Waals surface area contributed by atoms with Crippen LogP contribution in [0.4, 0.5) is 10.1 Å². The smallest absolute Gasteiger partial charge is 0.274 e. The van der Waals surface area contributed by atoms with Gasteiger partial charge in [-0.3, -0.25) is 15.0 Å². The van der Waals surface area contributed by atoms with Crippen LogP contribution in [0.1, 0.15) is 23.6 Å². The van der Waals surface area contributed by atoms with E-state index in [1.807, 2.05) is 19.1 Å². The molecule has 24 heavy (non-hydrogen) atoms. The van der Waals surface area contributed by atoms with Crippen LogP contribution in [0.25, 0.3) is 0 Å². The average molecular weight is 330 g/mol. The number of nitrogens with zero attached hydrogens (tertiary/aromatic N) is 2. The predicted octanol–water partition coefficient (Wildman–Crippen LogP) is 3.69. The van der Waals surface area contributed by atoms with E-state index in [2.05, 4.69) is 11.0 Å². The summed E-state index contributed by atoms with van der Waals surface area (Å²) < 4.78 is 19.0. The molecule has 0 atom stereocenters. The Hall–Kier alpha value is -2.47. The Morgan fingerprint density at radius 1 is 1.25 bits per heavy atom. The lowest BCUT2D eigenvalue weighted by molar-refractivity contribution is -0.385. The highest BCUT2D eigenvalue weighted by atomic mass is 19.1. The van der Waals surface area contributed by atoms with Gasteiger partial charge in [-0.05, 0) is 48.7 Å². The molecule has 1 aliphatic heterocycles. The normalized spacial score (nSPS) is 14.2. The van der Waals surface area contributed by atoms with Gasteiger partial charge in [-0.2, -0.15) is 0 Å². The molecule has 0 saturated heterocycles. The molecule has 0 aromatic heterocycles. The van der Waals surface area contributed by atoms with Gasteiger partial charge in [-0.15, -0.1) is 0 Å². The van der Waals surface area contributed by atoms with E-state index in [1.165, 1.54) is 17.7 Å². The molecule has 5 nitrogen and oxygen atoms in total. The zero-order valence-electron chi connectivity index (χ0n) is 13.5. The minimum Gasteiger partial charge on any atom is -0.494 e. The van der Waals surface area contributed by atoms with E-state index in [-0.39, 0.29) is 5.69 Å². The van der Waals surface area contributed by atoms with Crippen LogP contribution >= 0.6 is 0 Å². The fourth-order valence-electron chi connectivity index (χ4n) is 3.08. The van der Waals surface area contributed by atoms with E-state index in [4.69, 9.17) is 4.74 Å². The summed E-state index contributed by atoms with van der Waals surface area (Å²) in [6.07, 6.45) is 0.866. The summed E-state index contributed by atoms with van der Waals surface area (Å²) in [5, 5.41) is 11.1. The summed E-state index contributed by atoms with van der Waals surface area (Å²) in [4.78, 5) is 12.8. The lowest BCUT2D eigenvalue weighted by Gasteiger charge is -2.29. The molecular formula is C18H19FN2O3. The molecule has 1 heterocycles. The van der Waals surface area contributed by atoms with Gasteiger partial charge in [0.05, 0.1) is 11.5 Å². The molecule has 0 N–H and O–H groups in total. The molecule has 0 bridgehead atoms. The lowest BCUT2D eigenvalue weighted by Crippen LogP contribution is -2.30.